The van der Waals surface area contributed by atoms with Gasteiger partial charge in [-0.05, 0) is 24.1 Å². The van der Waals surface area contributed by atoms with E-state index in [0.29, 0.717) is 6.54 Å². The van der Waals surface area contributed by atoms with Gasteiger partial charge < -0.3 is 5.32 Å². The van der Waals surface area contributed by atoms with Crippen molar-refractivity contribution >= 4 is 12.0 Å². The van der Waals surface area contributed by atoms with Crippen molar-refractivity contribution in [3.05, 3.63) is 41.0 Å². The molecule has 1 heterocycles. The van der Waals surface area contributed by atoms with E-state index in [0.717, 1.165) is 16.7 Å². The Hall–Kier alpha value is -1.57. The van der Waals surface area contributed by atoms with E-state index in [-0.39, 0.29) is 5.91 Å². The van der Waals surface area contributed by atoms with Gasteiger partial charge in [-0.25, -0.2) is 0 Å². The molecular formula is C11H11NO. The van der Waals surface area contributed by atoms with E-state index in [2.05, 4.69) is 5.32 Å². The van der Waals surface area contributed by atoms with Crippen molar-refractivity contribution in [1.29, 1.82) is 0 Å². The number of allylic oxidation sites excluding steroid dienone is 1. The molecule has 2 heteroatoms. The van der Waals surface area contributed by atoms with Crippen molar-refractivity contribution in [1.82, 2.24) is 5.32 Å². The Morgan fingerprint density at radius 2 is 2.31 bits per heavy atom. The Bertz CT molecular complexity index is 380. The molecule has 0 saturated heterocycles. The summed E-state index contributed by atoms with van der Waals surface area (Å²) >= 11 is 0. The zero-order chi connectivity index (χ0) is 9.26. The highest BCUT2D eigenvalue weighted by molar-refractivity contribution is 5.98. The summed E-state index contributed by atoms with van der Waals surface area (Å²) in [5.74, 6) is 0.0429. The lowest BCUT2D eigenvalue weighted by Gasteiger charge is -1.97. The van der Waals surface area contributed by atoms with Crippen molar-refractivity contribution < 1.29 is 4.79 Å². The summed E-state index contributed by atoms with van der Waals surface area (Å²) in [6.07, 6.45) is 3.96. The van der Waals surface area contributed by atoms with Crippen LogP contribution in [0.15, 0.2) is 24.3 Å². The number of fused-ring (bicyclic) bond motifs is 1. The lowest BCUT2D eigenvalue weighted by molar-refractivity contribution is 0.0966. The van der Waals surface area contributed by atoms with E-state index >= 15 is 0 Å². The van der Waals surface area contributed by atoms with Gasteiger partial charge in [-0.1, -0.05) is 24.3 Å². The molecule has 0 unspecified atom stereocenters. The largest absolute Gasteiger partial charge is 0.348 e. The van der Waals surface area contributed by atoms with E-state index in [9.17, 15) is 4.79 Å². The first-order valence-corrected chi connectivity index (χ1v) is 4.35. The van der Waals surface area contributed by atoms with Gasteiger partial charge in [0.25, 0.3) is 5.91 Å². The summed E-state index contributed by atoms with van der Waals surface area (Å²) in [4.78, 5) is 11.3. The minimum absolute atomic E-state index is 0.0429. The van der Waals surface area contributed by atoms with Crippen molar-refractivity contribution in [3.8, 4) is 0 Å². The van der Waals surface area contributed by atoms with Gasteiger partial charge in [0, 0.05) is 12.1 Å². The summed E-state index contributed by atoms with van der Waals surface area (Å²) < 4.78 is 0. The van der Waals surface area contributed by atoms with Crippen LogP contribution in [0.25, 0.3) is 6.08 Å². The Balaban J connectivity index is 2.47. The second-order valence-corrected chi connectivity index (χ2v) is 3.10. The predicted octanol–water partition coefficient (Wildman–Crippen LogP) is 1.96. The molecule has 0 bridgehead atoms. The highest BCUT2D eigenvalue weighted by Gasteiger charge is 2.17. The minimum Gasteiger partial charge on any atom is -0.348 e. The molecule has 0 atom stereocenters. The lowest BCUT2D eigenvalue weighted by Crippen LogP contribution is -2.12. The van der Waals surface area contributed by atoms with Crippen LogP contribution in [0.4, 0.5) is 0 Å². The van der Waals surface area contributed by atoms with Gasteiger partial charge in [0.1, 0.15) is 0 Å². The molecule has 2 rings (SSSR count). The maximum atomic E-state index is 11.3. The Labute approximate surface area is 77.3 Å². The van der Waals surface area contributed by atoms with Gasteiger partial charge in [0.05, 0.1) is 0 Å². The third kappa shape index (κ3) is 1.35. The summed E-state index contributed by atoms with van der Waals surface area (Å²) in [6.45, 7) is 2.64. The van der Waals surface area contributed by atoms with Crippen LogP contribution in [0.3, 0.4) is 0 Å². The highest BCUT2D eigenvalue weighted by Crippen LogP contribution is 2.17. The standard InChI is InChI=1S/C11H11NO/c1-2-3-8-4-5-9-7-12-11(13)10(9)6-8/h2-6H,7H2,1H3,(H,12,13). The molecule has 0 spiro atoms. The number of hydrogen-bond donors (Lipinski definition) is 1. The van der Waals surface area contributed by atoms with Gasteiger partial charge in [-0.3, -0.25) is 4.79 Å². The number of carbonyl (C=O) groups excluding carboxylic acids is 1. The monoisotopic (exact) mass is 173 g/mol. The van der Waals surface area contributed by atoms with E-state index in [4.69, 9.17) is 0 Å². The SMILES string of the molecule is CC=Cc1ccc2c(c1)C(=O)NC2. The van der Waals surface area contributed by atoms with Crippen LogP contribution >= 0.6 is 0 Å². The Kier molecular flexibility index (Phi) is 1.89. The smallest absolute Gasteiger partial charge is 0.251 e. The second-order valence-electron chi connectivity index (χ2n) is 3.10. The zero-order valence-corrected chi connectivity index (χ0v) is 7.50. The number of nitrogens with one attached hydrogen (secondary N) is 1. The maximum Gasteiger partial charge on any atom is 0.251 e. The average Bonchev–Trinajstić information content (AvgIpc) is 2.49. The fourth-order valence-corrected chi connectivity index (χ4v) is 1.53. The number of hydrogen-bond acceptors (Lipinski definition) is 1. The molecule has 66 valence electrons. The van der Waals surface area contributed by atoms with Crippen molar-refractivity contribution in [3.63, 3.8) is 0 Å². The lowest BCUT2D eigenvalue weighted by atomic mass is 10.1. The van der Waals surface area contributed by atoms with Gasteiger partial charge in [-0.2, -0.15) is 0 Å². The number of rotatable bonds is 1. The van der Waals surface area contributed by atoms with E-state index in [1.165, 1.54) is 0 Å². The van der Waals surface area contributed by atoms with Crippen molar-refractivity contribution in [2.24, 2.45) is 0 Å². The third-order valence-electron chi connectivity index (χ3n) is 2.18. The van der Waals surface area contributed by atoms with Crippen LogP contribution in [0.2, 0.25) is 0 Å². The van der Waals surface area contributed by atoms with Crippen molar-refractivity contribution in [2.45, 2.75) is 13.5 Å². The number of carbonyl (C=O) groups is 1. The van der Waals surface area contributed by atoms with Crippen molar-refractivity contribution in [2.75, 3.05) is 0 Å². The maximum absolute atomic E-state index is 11.3. The molecule has 0 aromatic heterocycles. The van der Waals surface area contributed by atoms with E-state index in [1.807, 2.05) is 37.3 Å². The fourth-order valence-electron chi connectivity index (χ4n) is 1.53. The molecule has 0 radical (unpaired) electrons. The van der Waals surface area contributed by atoms with Crippen LogP contribution in [-0.2, 0) is 6.54 Å². The van der Waals surface area contributed by atoms with Crippen LogP contribution in [0.1, 0.15) is 28.4 Å². The number of amides is 1. The molecule has 0 fully saturated rings. The molecule has 1 aromatic carbocycles. The highest BCUT2D eigenvalue weighted by atomic mass is 16.1. The van der Waals surface area contributed by atoms with Crippen LogP contribution in [0.5, 0.6) is 0 Å². The van der Waals surface area contributed by atoms with Gasteiger partial charge in [0.15, 0.2) is 0 Å². The molecule has 1 aromatic rings. The molecule has 1 amide bonds. The van der Waals surface area contributed by atoms with Crippen LogP contribution < -0.4 is 5.32 Å². The molecule has 2 nitrogen and oxygen atoms in total. The summed E-state index contributed by atoms with van der Waals surface area (Å²) in [6, 6.07) is 5.96. The fraction of sp³-hybridized carbons (Fsp3) is 0.182. The van der Waals surface area contributed by atoms with Gasteiger partial charge in [-0.15, -0.1) is 0 Å². The Morgan fingerprint density at radius 3 is 3.08 bits per heavy atom. The second kappa shape index (κ2) is 3.05. The molecular weight excluding hydrogens is 162 g/mol. The summed E-state index contributed by atoms with van der Waals surface area (Å²) in [5, 5.41) is 2.79. The minimum atomic E-state index is 0.0429. The molecule has 1 aliphatic heterocycles. The molecule has 13 heavy (non-hydrogen) atoms. The average molecular weight is 173 g/mol. The number of benzene rings is 1. The van der Waals surface area contributed by atoms with Gasteiger partial charge in [0.2, 0.25) is 0 Å². The van der Waals surface area contributed by atoms with Crippen LogP contribution in [0, 0.1) is 0 Å². The normalized spacial score (nSPS) is 14.7. The Morgan fingerprint density at radius 1 is 1.46 bits per heavy atom. The zero-order valence-electron chi connectivity index (χ0n) is 7.50. The molecule has 1 aliphatic rings. The van der Waals surface area contributed by atoms with E-state index in [1.54, 1.807) is 0 Å². The predicted molar refractivity (Wildman–Crippen MR) is 52.3 cm³/mol. The van der Waals surface area contributed by atoms with Crippen LogP contribution in [-0.4, -0.2) is 5.91 Å². The molecule has 1 N–H and O–H groups in total. The van der Waals surface area contributed by atoms with Gasteiger partial charge >= 0.3 is 0 Å². The first-order valence-electron chi connectivity index (χ1n) is 4.35. The molecule has 0 aliphatic carbocycles. The van der Waals surface area contributed by atoms with E-state index < -0.39 is 0 Å². The third-order valence-corrected chi connectivity index (χ3v) is 2.18. The first-order chi connectivity index (χ1) is 6.31. The summed E-state index contributed by atoms with van der Waals surface area (Å²) in [7, 11) is 0. The topological polar surface area (TPSA) is 29.1 Å². The quantitative estimate of drug-likeness (QED) is 0.691. The first kappa shape index (κ1) is 8.05. The molecule has 0 saturated carbocycles. The summed E-state index contributed by atoms with van der Waals surface area (Å²) in [5.41, 5.74) is 2.99.